The van der Waals surface area contributed by atoms with Crippen LogP contribution < -0.4 is 5.32 Å². The first-order valence-corrected chi connectivity index (χ1v) is 4.66. The van der Waals surface area contributed by atoms with Crippen LogP contribution in [0.2, 0.25) is 0 Å². The lowest BCUT2D eigenvalue weighted by Crippen LogP contribution is -2.22. The van der Waals surface area contributed by atoms with Crippen LogP contribution in [0.25, 0.3) is 10.9 Å². The van der Waals surface area contributed by atoms with E-state index >= 15 is 0 Å². The number of carbonyl (C=O) groups is 1. The minimum Gasteiger partial charge on any atom is -0.361 e. The topological polar surface area (TPSA) is 44.9 Å². The number of H-pyrrole nitrogens is 1. The minimum absolute atomic E-state index is 0.0241. The fraction of sp³-hybridized carbons (Fsp3) is 0.182. The van der Waals surface area contributed by atoms with Crippen molar-refractivity contribution in [2.45, 2.75) is 6.92 Å². The third-order valence-electron chi connectivity index (χ3n) is 2.15. The van der Waals surface area contributed by atoms with E-state index in [1.165, 1.54) is 0 Å². The summed E-state index contributed by atoms with van der Waals surface area (Å²) in [5, 5.41) is 3.89. The Kier molecular flexibility index (Phi) is 2.23. The van der Waals surface area contributed by atoms with Crippen molar-refractivity contribution in [1.29, 1.82) is 0 Å². The fourth-order valence-electron chi connectivity index (χ4n) is 1.45. The summed E-state index contributed by atoms with van der Waals surface area (Å²) in [5.41, 5.74) is 1.69. The molecule has 0 aliphatic carbocycles. The second-order valence-corrected chi connectivity index (χ2v) is 3.14. The van der Waals surface area contributed by atoms with Gasteiger partial charge in [0.1, 0.15) is 0 Å². The van der Waals surface area contributed by atoms with Gasteiger partial charge < -0.3 is 10.3 Å². The van der Waals surface area contributed by atoms with Crippen LogP contribution in [0.1, 0.15) is 17.3 Å². The summed E-state index contributed by atoms with van der Waals surface area (Å²) >= 11 is 0. The van der Waals surface area contributed by atoms with Crippen molar-refractivity contribution in [1.82, 2.24) is 10.3 Å². The van der Waals surface area contributed by atoms with E-state index < -0.39 is 0 Å². The average Bonchev–Trinajstić information content (AvgIpc) is 2.64. The molecule has 2 N–H and O–H groups in total. The summed E-state index contributed by atoms with van der Waals surface area (Å²) in [5.74, 6) is -0.0241. The van der Waals surface area contributed by atoms with Crippen molar-refractivity contribution < 1.29 is 4.79 Å². The Bertz CT molecular complexity index is 459. The third-order valence-corrected chi connectivity index (χ3v) is 2.15. The van der Waals surface area contributed by atoms with Gasteiger partial charge in [0.15, 0.2) is 0 Å². The molecule has 0 bridgehead atoms. The highest BCUT2D eigenvalue weighted by atomic mass is 16.1. The zero-order valence-corrected chi connectivity index (χ0v) is 8.00. The van der Waals surface area contributed by atoms with Crippen molar-refractivity contribution in [3.63, 3.8) is 0 Å². The highest BCUT2D eigenvalue weighted by Crippen LogP contribution is 2.13. The molecule has 72 valence electrons. The van der Waals surface area contributed by atoms with Crippen LogP contribution in [-0.2, 0) is 0 Å². The highest BCUT2D eigenvalue weighted by molar-refractivity contribution is 5.97. The zero-order valence-electron chi connectivity index (χ0n) is 8.00. The van der Waals surface area contributed by atoms with Crippen LogP contribution in [0, 0.1) is 0 Å². The maximum absolute atomic E-state index is 11.5. The van der Waals surface area contributed by atoms with Crippen LogP contribution >= 0.6 is 0 Å². The predicted molar refractivity (Wildman–Crippen MR) is 56.3 cm³/mol. The summed E-state index contributed by atoms with van der Waals surface area (Å²) in [7, 11) is 0. The lowest BCUT2D eigenvalue weighted by atomic mass is 10.1. The number of benzene rings is 1. The van der Waals surface area contributed by atoms with Crippen molar-refractivity contribution in [2.75, 3.05) is 6.54 Å². The van der Waals surface area contributed by atoms with E-state index in [4.69, 9.17) is 0 Å². The van der Waals surface area contributed by atoms with Crippen LogP contribution in [0.5, 0.6) is 0 Å². The molecule has 3 nitrogen and oxygen atoms in total. The van der Waals surface area contributed by atoms with Crippen molar-refractivity contribution in [3.8, 4) is 0 Å². The van der Waals surface area contributed by atoms with Gasteiger partial charge in [-0.3, -0.25) is 4.79 Å². The van der Waals surface area contributed by atoms with E-state index in [-0.39, 0.29) is 5.91 Å². The lowest BCUT2D eigenvalue weighted by molar-refractivity contribution is 0.0956. The second-order valence-electron chi connectivity index (χ2n) is 3.14. The molecule has 1 amide bonds. The molecule has 0 aliphatic heterocycles. The van der Waals surface area contributed by atoms with Crippen molar-refractivity contribution >= 4 is 16.8 Å². The van der Waals surface area contributed by atoms with E-state index in [0.29, 0.717) is 12.1 Å². The molecule has 0 atom stereocenters. The molecule has 0 saturated heterocycles. The summed E-state index contributed by atoms with van der Waals surface area (Å²) in [4.78, 5) is 14.6. The lowest BCUT2D eigenvalue weighted by Gasteiger charge is -2.01. The molecule has 2 rings (SSSR count). The molecule has 1 aromatic heterocycles. The zero-order chi connectivity index (χ0) is 9.97. The average molecular weight is 188 g/mol. The van der Waals surface area contributed by atoms with Gasteiger partial charge in [0, 0.05) is 23.8 Å². The largest absolute Gasteiger partial charge is 0.361 e. The SMILES string of the molecule is CCNC(=O)c1ccc2cc[nH]c2c1. The Morgan fingerprint density at radius 1 is 1.43 bits per heavy atom. The van der Waals surface area contributed by atoms with Crippen LogP contribution in [0.15, 0.2) is 30.5 Å². The summed E-state index contributed by atoms with van der Waals surface area (Å²) in [6.45, 7) is 2.56. The molecule has 1 heterocycles. The maximum Gasteiger partial charge on any atom is 0.251 e. The Morgan fingerprint density at radius 2 is 2.29 bits per heavy atom. The first-order chi connectivity index (χ1) is 6.81. The predicted octanol–water partition coefficient (Wildman–Crippen LogP) is 1.92. The molecule has 0 radical (unpaired) electrons. The summed E-state index contributed by atoms with van der Waals surface area (Å²) < 4.78 is 0. The third kappa shape index (κ3) is 1.48. The first-order valence-electron chi connectivity index (χ1n) is 4.66. The molecule has 0 spiro atoms. The number of aromatic amines is 1. The second kappa shape index (κ2) is 3.54. The van der Waals surface area contributed by atoms with E-state index in [1.807, 2.05) is 37.4 Å². The highest BCUT2D eigenvalue weighted by Gasteiger charge is 2.04. The Labute approximate surface area is 82.1 Å². The summed E-state index contributed by atoms with van der Waals surface area (Å²) in [6.07, 6.45) is 1.87. The molecule has 2 aromatic rings. The van der Waals surface area contributed by atoms with Gasteiger partial charge in [-0.05, 0) is 30.5 Å². The Balaban J connectivity index is 2.38. The Morgan fingerprint density at radius 3 is 3.07 bits per heavy atom. The van der Waals surface area contributed by atoms with Gasteiger partial charge in [0.25, 0.3) is 5.91 Å². The number of hydrogen-bond donors (Lipinski definition) is 2. The van der Waals surface area contributed by atoms with E-state index in [9.17, 15) is 4.79 Å². The molecule has 3 heteroatoms. The number of hydrogen-bond acceptors (Lipinski definition) is 1. The molecule has 0 saturated carbocycles. The first kappa shape index (κ1) is 8.81. The molecule has 0 fully saturated rings. The van der Waals surface area contributed by atoms with E-state index in [0.717, 1.165) is 10.9 Å². The molecule has 14 heavy (non-hydrogen) atoms. The molecule has 0 unspecified atom stereocenters. The van der Waals surface area contributed by atoms with Crippen LogP contribution in [0.3, 0.4) is 0 Å². The van der Waals surface area contributed by atoms with Crippen molar-refractivity contribution in [3.05, 3.63) is 36.0 Å². The van der Waals surface area contributed by atoms with Gasteiger partial charge in [-0.1, -0.05) is 6.07 Å². The van der Waals surface area contributed by atoms with Gasteiger partial charge in [-0.25, -0.2) is 0 Å². The molecule has 1 aromatic carbocycles. The number of rotatable bonds is 2. The Hall–Kier alpha value is -1.77. The van der Waals surface area contributed by atoms with Gasteiger partial charge in [0.2, 0.25) is 0 Å². The maximum atomic E-state index is 11.5. The molecule has 0 aliphatic rings. The van der Waals surface area contributed by atoms with Gasteiger partial charge in [-0.2, -0.15) is 0 Å². The normalized spacial score (nSPS) is 10.4. The van der Waals surface area contributed by atoms with Gasteiger partial charge >= 0.3 is 0 Å². The smallest absolute Gasteiger partial charge is 0.251 e. The number of amides is 1. The van der Waals surface area contributed by atoms with E-state index in [2.05, 4.69) is 10.3 Å². The molecular formula is C11H12N2O. The van der Waals surface area contributed by atoms with Crippen LogP contribution in [-0.4, -0.2) is 17.4 Å². The van der Waals surface area contributed by atoms with Gasteiger partial charge in [0.05, 0.1) is 0 Å². The number of fused-ring (bicyclic) bond motifs is 1. The fourth-order valence-corrected chi connectivity index (χ4v) is 1.45. The minimum atomic E-state index is -0.0241. The van der Waals surface area contributed by atoms with Crippen LogP contribution in [0.4, 0.5) is 0 Å². The monoisotopic (exact) mass is 188 g/mol. The number of carbonyl (C=O) groups excluding carboxylic acids is 1. The summed E-state index contributed by atoms with van der Waals surface area (Å²) in [6, 6.07) is 7.62. The van der Waals surface area contributed by atoms with E-state index in [1.54, 1.807) is 0 Å². The number of aromatic nitrogens is 1. The molecular weight excluding hydrogens is 176 g/mol. The van der Waals surface area contributed by atoms with Gasteiger partial charge in [-0.15, -0.1) is 0 Å². The number of nitrogens with one attached hydrogen (secondary N) is 2. The standard InChI is InChI=1S/C11H12N2O/c1-2-12-11(14)9-4-3-8-5-6-13-10(8)7-9/h3-7,13H,2H2,1H3,(H,12,14). The van der Waals surface area contributed by atoms with Crippen molar-refractivity contribution in [2.24, 2.45) is 0 Å². The quantitative estimate of drug-likeness (QED) is 0.743.